The van der Waals surface area contributed by atoms with Gasteiger partial charge in [-0.05, 0) is 42.5 Å². The third kappa shape index (κ3) is 4.62. The lowest BCUT2D eigenvalue weighted by molar-refractivity contribution is 0.0697. The van der Waals surface area contributed by atoms with Crippen LogP contribution >= 0.6 is 0 Å². The molecule has 0 saturated heterocycles. The number of imidazole rings is 1. The summed E-state index contributed by atoms with van der Waals surface area (Å²) in [4.78, 5) is 20.5. The summed E-state index contributed by atoms with van der Waals surface area (Å²) in [5.74, 6) is 0.874. The van der Waals surface area contributed by atoms with E-state index >= 15 is 0 Å². The summed E-state index contributed by atoms with van der Waals surface area (Å²) in [6.45, 7) is 0. The summed E-state index contributed by atoms with van der Waals surface area (Å²) in [6, 6.07) is 20.0. The molecule has 0 aliphatic rings. The highest BCUT2D eigenvalue weighted by Gasteiger charge is 2.12. The van der Waals surface area contributed by atoms with Crippen molar-refractivity contribution in [3.05, 3.63) is 90.9 Å². The quantitative estimate of drug-likeness (QED) is 0.263. The van der Waals surface area contributed by atoms with E-state index in [1.807, 2.05) is 65.3 Å². The van der Waals surface area contributed by atoms with E-state index in [1.165, 1.54) is 0 Å². The van der Waals surface area contributed by atoms with Gasteiger partial charge in [0.25, 0.3) is 0 Å². The maximum Gasteiger partial charge on any atom is 0.335 e. The van der Waals surface area contributed by atoms with Gasteiger partial charge in [-0.25, -0.2) is 14.8 Å². The fourth-order valence-electron chi connectivity index (χ4n) is 3.83. The molecule has 0 unspecified atom stereocenters. The number of carboxylic acid groups (broad SMARTS) is 1. The first-order valence-electron chi connectivity index (χ1n) is 11.1. The third-order valence-electron chi connectivity index (χ3n) is 5.60. The molecule has 0 fully saturated rings. The minimum absolute atomic E-state index is 0.226. The van der Waals surface area contributed by atoms with Gasteiger partial charge >= 0.3 is 5.97 Å². The van der Waals surface area contributed by atoms with Crippen molar-refractivity contribution in [2.24, 2.45) is 0 Å². The zero-order valence-electron chi connectivity index (χ0n) is 19.6. The average molecular weight is 482 g/mol. The fraction of sp³-hybridized carbons (Fsp3) is 0.0741. The van der Waals surface area contributed by atoms with Gasteiger partial charge in [0.05, 0.1) is 25.5 Å². The molecule has 2 heterocycles. The Morgan fingerprint density at radius 2 is 1.64 bits per heavy atom. The van der Waals surface area contributed by atoms with Crippen molar-refractivity contribution >= 4 is 34.5 Å². The van der Waals surface area contributed by atoms with E-state index in [4.69, 9.17) is 14.5 Å². The van der Waals surface area contributed by atoms with Gasteiger partial charge in [0.2, 0.25) is 0 Å². The minimum Gasteiger partial charge on any atom is -0.493 e. The number of benzene rings is 3. The van der Waals surface area contributed by atoms with Crippen LogP contribution in [0.2, 0.25) is 0 Å². The Labute approximate surface area is 207 Å². The first-order chi connectivity index (χ1) is 17.5. The number of aromatic carboxylic acids is 1. The average Bonchev–Trinajstić information content (AvgIpc) is 3.38. The summed E-state index contributed by atoms with van der Waals surface area (Å²) in [5, 5.41) is 15.8. The van der Waals surface area contributed by atoms with E-state index in [0.29, 0.717) is 28.7 Å². The van der Waals surface area contributed by atoms with E-state index in [1.54, 1.807) is 38.6 Å². The van der Waals surface area contributed by atoms with Gasteiger partial charge in [0.1, 0.15) is 0 Å². The van der Waals surface area contributed by atoms with Crippen molar-refractivity contribution in [2.45, 2.75) is 0 Å². The van der Waals surface area contributed by atoms with Crippen LogP contribution in [-0.4, -0.2) is 39.7 Å². The van der Waals surface area contributed by atoms with Crippen LogP contribution in [-0.2, 0) is 0 Å². The molecular formula is C27H23N5O4. The third-order valence-corrected chi connectivity index (χ3v) is 5.60. The second-order valence-electron chi connectivity index (χ2n) is 7.92. The summed E-state index contributed by atoms with van der Waals surface area (Å²) in [7, 11) is 3.19. The lowest BCUT2D eigenvalue weighted by Crippen LogP contribution is -2.01. The van der Waals surface area contributed by atoms with E-state index in [0.717, 1.165) is 22.6 Å². The Balaban J connectivity index is 1.43. The molecule has 0 atom stereocenters. The van der Waals surface area contributed by atoms with Crippen molar-refractivity contribution in [1.29, 1.82) is 0 Å². The second-order valence-corrected chi connectivity index (χ2v) is 7.92. The van der Waals surface area contributed by atoms with Crippen LogP contribution in [0.5, 0.6) is 11.5 Å². The van der Waals surface area contributed by atoms with Crippen molar-refractivity contribution in [2.75, 3.05) is 24.9 Å². The number of nitrogens with one attached hydrogen (secondary N) is 2. The Morgan fingerprint density at radius 3 is 2.39 bits per heavy atom. The number of methoxy groups -OCH3 is 2. The maximum atomic E-state index is 11.2. The molecule has 0 amide bonds. The molecule has 0 saturated carbocycles. The molecule has 9 heteroatoms. The molecule has 3 N–H and O–H groups in total. The molecule has 180 valence electrons. The van der Waals surface area contributed by atoms with Gasteiger partial charge in [-0.2, -0.15) is 0 Å². The van der Waals surface area contributed by atoms with Gasteiger partial charge in [-0.15, -0.1) is 0 Å². The second kappa shape index (κ2) is 9.67. The Bertz CT molecular complexity index is 1550. The van der Waals surface area contributed by atoms with Gasteiger partial charge in [-0.1, -0.05) is 18.2 Å². The predicted molar refractivity (Wildman–Crippen MR) is 138 cm³/mol. The summed E-state index contributed by atoms with van der Waals surface area (Å²) in [6.07, 6.45) is 5.51. The number of anilines is 4. The van der Waals surface area contributed by atoms with E-state index < -0.39 is 5.97 Å². The highest BCUT2D eigenvalue weighted by molar-refractivity contribution is 5.89. The van der Waals surface area contributed by atoms with E-state index in [2.05, 4.69) is 15.6 Å². The lowest BCUT2D eigenvalue weighted by atomic mass is 10.1. The molecule has 5 aromatic rings. The molecule has 0 aliphatic carbocycles. The Morgan fingerprint density at radius 1 is 0.889 bits per heavy atom. The van der Waals surface area contributed by atoms with Crippen LogP contribution in [0, 0.1) is 0 Å². The molecule has 0 aliphatic heterocycles. The van der Waals surface area contributed by atoms with Crippen LogP contribution in [0.15, 0.2) is 85.3 Å². The topological polar surface area (TPSA) is 110 Å². The van der Waals surface area contributed by atoms with Crippen LogP contribution < -0.4 is 20.1 Å². The number of nitrogens with zero attached hydrogens (tertiary/aromatic N) is 3. The zero-order valence-corrected chi connectivity index (χ0v) is 19.6. The number of rotatable bonds is 8. The molecule has 9 nitrogen and oxygen atoms in total. The monoisotopic (exact) mass is 481 g/mol. The zero-order chi connectivity index (χ0) is 25.1. The molecule has 0 bridgehead atoms. The van der Waals surface area contributed by atoms with E-state index in [9.17, 15) is 9.90 Å². The van der Waals surface area contributed by atoms with Crippen LogP contribution in [0.3, 0.4) is 0 Å². The van der Waals surface area contributed by atoms with Gasteiger partial charge in [0.15, 0.2) is 23.0 Å². The summed E-state index contributed by atoms with van der Waals surface area (Å²) in [5.41, 5.74) is 4.88. The van der Waals surface area contributed by atoms with Gasteiger partial charge in [0, 0.05) is 47.3 Å². The smallest absolute Gasteiger partial charge is 0.335 e. The van der Waals surface area contributed by atoms with Crippen LogP contribution in [0.1, 0.15) is 10.4 Å². The first kappa shape index (κ1) is 22.7. The van der Waals surface area contributed by atoms with Crippen molar-refractivity contribution < 1.29 is 19.4 Å². The number of carbonyl (C=O) groups is 1. The first-order valence-corrected chi connectivity index (χ1v) is 11.1. The van der Waals surface area contributed by atoms with Crippen molar-refractivity contribution in [1.82, 2.24) is 14.4 Å². The SMILES string of the molecule is COc1ccc(Nc2nc(-c3ccc(Nc4cccc(C(=O)O)c4)cc3)cn3ccnc23)cc1OC. The molecular weight excluding hydrogens is 458 g/mol. The largest absolute Gasteiger partial charge is 0.493 e. The van der Waals surface area contributed by atoms with Crippen LogP contribution in [0.4, 0.5) is 22.9 Å². The number of hydrogen-bond donors (Lipinski definition) is 3. The standard InChI is InChI=1S/C27H23N5O4/c1-35-23-11-10-21(15-24(23)36-2)30-25-26-28-12-13-32(26)16-22(31-25)17-6-8-19(9-7-17)29-20-5-3-4-18(14-20)27(33)34/h3-16,29H,1-2H3,(H,30,31)(H,33,34). The summed E-state index contributed by atoms with van der Waals surface area (Å²) >= 11 is 0. The number of carboxylic acids is 1. The molecule has 3 aromatic carbocycles. The number of ether oxygens (including phenoxy) is 2. The molecule has 5 rings (SSSR count). The highest BCUT2D eigenvalue weighted by atomic mass is 16.5. The lowest BCUT2D eigenvalue weighted by Gasteiger charge is -2.13. The van der Waals surface area contributed by atoms with Crippen molar-refractivity contribution in [3.8, 4) is 22.8 Å². The molecule has 36 heavy (non-hydrogen) atoms. The van der Waals surface area contributed by atoms with E-state index in [-0.39, 0.29) is 5.56 Å². The Kier molecular flexibility index (Phi) is 6.10. The number of fused-ring (bicyclic) bond motifs is 1. The normalized spacial score (nSPS) is 10.7. The molecule has 2 aromatic heterocycles. The highest BCUT2D eigenvalue weighted by Crippen LogP contribution is 2.32. The molecule has 0 spiro atoms. The number of aromatic nitrogens is 3. The van der Waals surface area contributed by atoms with Crippen LogP contribution in [0.25, 0.3) is 16.9 Å². The molecule has 0 radical (unpaired) electrons. The van der Waals surface area contributed by atoms with Crippen molar-refractivity contribution in [3.63, 3.8) is 0 Å². The van der Waals surface area contributed by atoms with Gasteiger partial charge in [-0.3, -0.25) is 0 Å². The number of hydrogen-bond acceptors (Lipinski definition) is 7. The summed E-state index contributed by atoms with van der Waals surface area (Å²) < 4.78 is 12.6. The minimum atomic E-state index is -0.965. The Hall–Kier alpha value is -5.05. The fourth-order valence-corrected chi connectivity index (χ4v) is 3.83. The maximum absolute atomic E-state index is 11.2. The van der Waals surface area contributed by atoms with Gasteiger partial charge < -0.3 is 29.6 Å². The predicted octanol–water partition coefficient (Wildman–Crippen LogP) is 5.60.